The number of likely N-dealkylation sites (tertiary alicyclic amines) is 1. The van der Waals surface area contributed by atoms with Crippen molar-refractivity contribution >= 4 is 5.97 Å². The smallest absolute Gasteiger partial charge is 0.326 e. The maximum absolute atomic E-state index is 12.0. The maximum Gasteiger partial charge on any atom is 0.326 e. The van der Waals surface area contributed by atoms with E-state index in [1.54, 1.807) is 0 Å². The topological polar surface area (TPSA) is 41.6 Å². The molecule has 118 valence electrons. The van der Waals surface area contributed by atoms with Crippen LogP contribution in [0.3, 0.4) is 0 Å². The normalized spacial score (nSPS) is 23.9. The molecule has 0 amide bonds. The lowest BCUT2D eigenvalue weighted by molar-refractivity contribution is -0.150. The Hall–Kier alpha value is -0.610. The summed E-state index contributed by atoms with van der Waals surface area (Å²) in [6.45, 7) is 10.1. The van der Waals surface area contributed by atoms with Gasteiger partial charge in [-0.05, 0) is 78.6 Å². The van der Waals surface area contributed by atoms with Gasteiger partial charge in [0, 0.05) is 0 Å². The summed E-state index contributed by atoms with van der Waals surface area (Å²) in [4.78, 5) is 14.5. The summed E-state index contributed by atoms with van der Waals surface area (Å²) in [5.41, 5.74) is -0.546. The van der Waals surface area contributed by atoms with Crippen LogP contribution in [-0.2, 0) is 9.53 Å². The van der Waals surface area contributed by atoms with Crippen LogP contribution in [-0.4, -0.2) is 49.7 Å². The van der Waals surface area contributed by atoms with Gasteiger partial charge < -0.3 is 15.0 Å². The fourth-order valence-electron chi connectivity index (χ4n) is 2.82. The summed E-state index contributed by atoms with van der Waals surface area (Å²) in [5.74, 6) is 0.731. The SMILES string of the molecule is CCOC(=O)C(C)(CCCN1CCCC(C)CC1)NC. The lowest BCUT2D eigenvalue weighted by Gasteiger charge is -2.28. The van der Waals surface area contributed by atoms with Crippen molar-refractivity contribution < 1.29 is 9.53 Å². The molecule has 0 aromatic heterocycles. The summed E-state index contributed by atoms with van der Waals surface area (Å²) in [5, 5.41) is 3.13. The number of carbonyl (C=O) groups is 1. The van der Waals surface area contributed by atoms with Crippen molar-refractivity contribution in [2.24, 2.45) is 5.92 Å². The Balaban J connectivity index is 2.35. The molecule has 1 rings (SSSR count). The molecule has 20 heavy (non-hydrogen) atoms. The number of hydrogen-bond donors (Lipinski definition) is 1. The second kappa shape index (κ2) is 8.63. The molecule has 2 unspecified atom stereocenters. The monoisotopic (exact) mass is 284 g/mol. The molecule has 1 N–H and O–H groups in total. The molecule has 0 saturated carbocycles. The zero-order chi connectivity index (χ0) is 15.0. The third-order valence-electron chi connectivity index (χ3n) is 4.54. The van der Waals surface area contributed by atoms with Crippen molar-refractivity contribution in [3.05, 3.63) is 0 Å². The molecule has 4 nitrogen and oxygen atoms in total. The lowest BCUT2D eigenvalue weighted by Crippen LogP contribution is -2.49. The van der Waals surface area contributed by atoms with E-state index in [2.05, 4.69) is 17.1 Å². The van der Waals surface area contributed by atoms with Gasteiger partial charge in [-0.2, -0.15) is 0 Å². The molecule has 0 aromatic carbocycles. The van der Waals surface area contributed by atoms with E-state index in [1.165, 1.54) is 32.4 Å². The number of rotatable bonds is 7. The van der Waals surface area contributed by atoms with Gasteiger partial charge in [-0.1, -0.05) is 6.92 Å². The number of nitrogens with one attached hydrogen (secondary N) is 1. The Morgan fingerprint density at radius 2 is 2.15 bits per heavy atom. The average Bonchev–Trinajstić information content (AvgIpc) is 2.64. The zero-order valence-electron chi connectivity index (χ0n) is 13.7. The Kier molecular flexibility index (Phi) is 7.52. The van der Waals surface area contributed by atoms with E-state index in [1.807, 2.05) is 20.9 Å². The van der Waals surface area contributed by atoms with Gasteiger partial charge in [0.1, 0.15) is 5.54 Å². The molecular weight excluding hydrogens is 252 g/mol. The maximum atomic E-state index is 12.0. The first-order valence-electron chi connectivity index (χ1n) is 8.10. The molecule has 1 fully saturated rings. The molecular formula is C16H32N2O2. The van der Waals surface area contributed by atoms with Crippen LogP contribution in [0.5, 0.6) is 0 Å². The van der Waals surface area contributed by atoms with Crippen LogP contribution in [0.25, 0.3) is 0 Å². The minimum Gasteiger partial charge on any atom is -0.465 e. The minimum absolute atomic E-state index is 0.132. The van der Waals surface area contributed by atoms with Crippen molar-refractivity contribution in [3.63, 3.8) is 0 Å². The summed E-state index contributed by atoms with van der Waals surface area (Å²) >= 11 is 0. The Morgan fingerprint density at radius 3 is 2.80 bits per heavy atom. The van der Waals surface area contributed by atoms with E-state index in [4.69, 9.17) is 4.74 Å². The van der Waals surface area contributed by atoms with E-state index in [9.17, 15) is 4.79 Å². The van der Waals surface area contributed by atoms with Gasteiger partial charge in [-0.15, -0.1) is 0 Å². The third-order valence-corrected chi connectivity index (χ3v) is 4.54. The molecule has 0 spiro atoms. The van der Waals surface area contributed by atoms with Crippen LogP contribution in [0, 0.1) is 5.92 Å². The van der Waals surface area contributed by atoms with Crippen molar-refractivity contribution in [3.8, 4) is 0 Å². The highest BCUT2D eigenvalue weighted by Crippen LogP contribution is 2.19. The average molecular weight is 284 g/mol. The quantitative estimate of drug-likeness (QED) is 0.729. The number of likely N-dealkylation sites (N-methyl/N-ethyl adjacent to an activating group) is 1. The van der Waals surface area contributed by atoms with Crippen LogP contribution in [0.15, 0.2) is 0 Å². The van der Waals surface area contributed by atoms with Gasteiger partial charge in [0.05, 0.1) is 6.61 Å². The van der Waals surface area contributed by atoms with Gasteiger partial charge in [0.25, 0.3) is 0 Å². The minimum atomic E-state index is -0.546. The predicted molar refractivity (Wildman–Crippen MR) is 82.8 cm³/mol. The molecule has 1 aliphatic heterocycles. The second-order valence-electron chi connectivity index (χ2n) is 6.28. The molecule has 1 aliphatic rings. The highest BCUT2D eigenvalue weighted by atomic mass is 16.5. The van der Waals surface area contributed by atoms with Gasteiger partial charge in [-0.25, -0.2) is 0 Å². The largest absolute Gasteiger partial charge is 0.465 e. The zero-order valence-corrected chi connectivity index (χ0v) is 13.7. The van der Waals surface area contributed by atoms with E-state index in [0.29, 0.717) is 6.61 Å². The van der Waals surface area contributed by atoms with Crippen molar-refractivity contribution in [2.75, 3.05) is 33.3 Å². The highest BCUT2D eigenvalue weighted by Gasteiger charge is 2.32. The summed E-state index contributed by atoms with van der Waals surface area (Å²) in [6, 6.07) is 0. The van der Waals surface area contributed by atoms with Crippen molar-refractivity contribution in [1.29, 1.82) is 0 Å². The Morgan fingerprint density at radius 1 is 1.40 bits per heavy atom. The first-order chi connectivity index (χ1) is 9.51. The first-order valence-corrected chi connectivity index (χ1v) is 8.10. The fourth-order valence-corrected chi connectivity index (χ4v) is 2.82. The first kappa shape index (κ1) is 17.4. The van der Waals surface area contributed by atoms with E-state index < -0.39 is 5.54 Å². The summed E-state index contributed by atoms with van der Waals surface area (Å²) in [6.07, 6.45) is 5.83. The van der Waals surface area contributed by atoms with Gasteiger partial charge >= 0.3 is 5.97 Å². The Bertz CT molecular complexity index is 296. The predicted octanol–water partition coefficient (Wildman–Crippen LogP) is 2.43. The summed E-state index contributed by atoms with van der Waals surface area (Å²) < 4.78 is 5.16. The summed E-state index contributed by atoms with van der Waals surface area (Å²) in [7, 11) is 1.84. The standard InChI is InChI=1S/C16H32N2O2/c1-5-20-15(19)16(3,17-4)10-7-12-18-11-6-8-14(2)9-13-18/h14,17H,5-13H2,1-4H3. The molecule has 0 aliphatic carbocycles. The molecule has 0 aromatic rings. The number of ether oxygens (including phenoxy) is 1. The number of esters is 1. The second-order valence-corrected chi connectivity index (χ2v) is 6.28. The molecule has 0 radical (unpaired) electrons. The molecule has 1 saturated heterocycles. The third kappa shape index (κ3) is 5.41. The van der Waals surface area contributed by atoms with Crippen LogP contribution in [0.2, 0.25) is 0 Å². The Labute approximate surface area is 124 Å². The van der Waals surface area contributed by atoms with E-state index >= 15 is 0 Å². The van der Waals surface area contributed by atoms with Crippen molar-refractivity contribution in [1.82, 2.24) is 10.2 Å². The van der Waals surface area contributed by atoms with Crippen LogP contribution >= 0.6 is 0 Å². The van der Waals surface area contributed by atoms with E-state index in [-0.39, 0.29) is 5.97 Å². The van der Waals surface area contributed by atoms with Crippen molar-refractivity contribution in [2.45, 2.75) is 58.4 Å². The highest BCUT2D eigenvalue weighted by molar-refractivity contribution is 5.80. The molecule has 4 heteroatoms. The van der Waals surface area contributed by atoms with Gasteiger partial charge in [0.2, 0.25) is 0 Å². The number of nitrogens with zero attached hydrogens (tertiary/aromatic N) is 1. The van der Waals surface area contributed by atoms with Crippen LogP contribution in [0.4, 0.5) is 0 Å². The fraction of sp³-hybridized carbons (Fsp3) is 0.938. The molecule has 1 heterocycles. The molecule has 0 bridgehead atoms. The lowest BCUT2D eigenvalue weighted by atomic mass is 9.96. The van der Waals surface area contributed by atoms with E-state index in [0.717, 1.165) is 25.3 Å². The van der Waals surface area contributed by atoms with Crippen LogP contribution < -0.4 is 5.32 Å². The van der Waals surface area contributed by atoms with Gasteiger partial charge in [0.15, 0.2) is 0 Å². The number of hydrogen-bond acceptors (Lipinski definition) is 4. The van der Waals surface area contributed by atoms with Gasteiger partial charge in [-0.3, -0.25) is 4.79 Å². The van der Waals surface area contributed by atoms with Crippen LogP contribution in [0.1, 0.15) is 52.9 Å². The number of carbonyl (C=O) groups excluding carboxylic acids is 1. The molecule has 2 atom stereocenters.